The Morgan fingerprint density at radius 1 is 1.33 bits per heavy atom. The minimum absolute atomic E-state index is 0.309. The molecule has 2 saturated heterocycles. The minimum Gasteiger partial charge on any atom is -0.481 e. The molecule has 1 N–H and O–H groups in total. The average Bonchev–Trinajstić information content (AvgIpc) is 2.69. The molecule has 3 heterocycles. The molecule has 3 rings (SSSR count). The molecule has 0 aromatic carbocycles. The number of fused-ring (bicyclic) bond motifs is 2. The van der Waals surface area contributed by atoms with E-state index in [1.165, 1.54) is 0 Å². The molecule has 1 aromatic rings. The molecule has 2 fully saturated rings. The molecule has 2 aliphatic heterocycles. The first-order valence-corrected chi connectivity index (χ1v) is 7.91. The molecular formula is C16H23N3O2. The lowest BCUT2D eigenvalue weighted by Crippen LogP contribution is -2.44. The quantitative estimate of drug-likeness (QED) is 0.922. The summed E-state index contributed by atoms with van der Waals surface area (Å²) in [6.07, 6.45) is 5.50. The number of piperidine rings is 1. The molecule has 0 radical (unpaired) electrons. The number of aromatic nitrogens is 2. The van der Waals surface area contributed by atoms with Crippen molar-refractivity contribution in [1.82, 2.24) is 9.97 Å². The summed E-state index contributed by atoms with van der Waals surface area (Å²) in [7, 11) is 0. The van der Waals surface area contributed by atoms with Crippen LogP contribution in [-0.4, -0.2) is 33.1 Å². The summed E-state index contributed by atoms with van der Waals surface area (Å²) in [4.78, 5) is 22.5. The first kappa shape index (κ1) is 14.3. The van der Waals surface area contributed by atoms with Crippen molar-refractivity contribution in [1.29, 1.82) is 0 Å². The highest BCUT2D eigenvalue weighted by Gasteiger charge is 2.41. The van der Waals surface area contributed by atoms with Crippen LogP contribution >= 0.6 is 0 Å². The predicted molar refractivity (Wildman–Crippen MR) is 80.4 cm³/mol. The topological polar surface area (TPSA) is 66.3 Å². The molecule has 2 atom stereocenters. The van der Waals surface area contributed by atoms with Gasteiger partial charge in [0, 0.05) is 30.3 Å². The van der Waals surface area contributed by atoms with Crippen LogP contribution in [0.2, 0.25) is 0 Å². The summed E-state index contributed by atoms with van der Waals surface area (Å²) in [6, 6.07) is 3.01. The number of aryl methyl sites for hydroxylation is 2. The molecule has 1 aromatic heterocycles. The van der Waals surface area contributed by atoms with Crippen LogP contribution in [0, 0.1) is 12.8 Å². The van der Waals surface area contributed by atoms with Gasteiger partial charge in [0.25, 0.3) is 0 Å². The Morgan fingerprint density at radius 2 is 2.00 bits per heavy atom. The molecule has 2 bridgehead atoms. The summed E-state index contributed by atoms with van der Waals surface area (Å²) in [5.41, 5.74) is 1.09. The third-order valence-electron chi connectivity index (χ3n) is 4.80. The molecule has 5 nitrogen and oxygen atoms in total. The van der Waals surface area contributed by atoms with Crippen molar-refractivity contribution in [3.63, 3.8) is 0 Å². The summed E-state index contributed by atoms with van der Waals surface area (Å²) in [5, 5.41) is 9.01. The fraction of sp³-hybridized carbons (Fsp3) is 0.688. The fourth-order valence-electron chi connectivity index (χ4n) is 4.00. The van der Waals surface area contributed by atoms with Gasteiger partial charge in [-0.1, -0.05) is 6.92 Å². The number of anilines is 1. The van der Waals surface area contributed by atoms with Crippen LogP contribution in [-0.2, 0) is 11.2 Å². The van der Waals surface area contributed by atoms with E-state index in [-0.39, 0.29) is 0 Å². The van der Waals surface area contributed by atoms with Crippen molar-refractivity contribution >= 4 is 11.8 Å². The Morgan fingerprint density at radius 3 is 2.57 bits per heavy atom. The molecular weight excluding hydrogens is 266 g/mol. The third kappa shape index (κ3) is 2.87. The molecule has 0 spiro atoms. The van der Waals surface area contributed by atoms with Gasteiger partial charge in [0.1, 0.15) is 11.6 Å². The van der Waals surface area contributed by atoms with Crippen LogP contribution in [0.25, 0.3) is 0 Å². The van der Waals surface area contributed by atoms with Gasteiger partial charge in [0.2, 0.25) is 0 Å². The van der Waals surface area contributed by atoms with E-state index < -0.39 is 5.97 Å². The lowest BCUT2D eigenvalue weighted by Gasteiger charge is -2.39. The van der Waals surface area contributed by atoms with Gasteiger partial charge >= 0.3 is 5.97 Å². The highest BCUT2D eigenvalue weighted by Crippen LogP contribution is 2.42. The van der Waals surface area contributed by atoms with E-state index in [4.69, 9.17) is 5.11 Å². The van der Waals surface area contributed by atoms with Crippen molar-refractivity contribution in [3.05, 3.63) is 17.6 Å². The second-order valence-electron chi connectivity index (χ2n) is 6.35. The number of carboxylic acids is 1. The normalized spacial score (nSPS) is 27.9. The van der Waals surface area contributed by atoms with Crippen LogP contribution in [0.1, 0.15) is 50.5 Å². The Labute approximate surface area is 125 Å². The molecule has 5 heteroatoms. The Balaban J connectivity index is 1.82. The maximum absolute atomic E-state index is 10.9. The largest absolute Gasteiger partial charge is 0.481 e. The van der Waals surface area contributed by atoms with Crippen molar-refractivity contribution in [2.75, 3.05) is 4.90 Å². The predicted octanol–water partition coefficient (Wildman–Crippen LogP) is 2.57. The van der Waals surface area contributed by atoms with Crippen molar-refractivity contribution < 1.29 is 9.90 Å². The van der Waals surface area contributed by atoms with E-state index in [2.05, 4.69) is 27.9 Å². The monoisotopic (exact) mass is 289 g/mol. The van der Waals surface area contributed by atoms with Crippen LogP contribution in [0.15, 0.2) is 6.07 Å². The van der Waals surface area contributed by atoms with E-state index in [9.17, 15) is 4.79 Å². The lowest BCUT2D eigenvalue weighted by molar-refractivity contribution is -0.138. The maximum Gasteiger partial charge on any atom is 0.303 e. The molecule has 2 unspecified atom stereocenters. The number of carbonyl (C=O) groups is 1. The number of carboxylic acid groups (broad SMARTS) is 1. The molecule has 2 aliphatic rings. The van der Waals surface area contributed by atoms with E-state index in [1.807, 2.05) is 6.92 Å². The summed E-state index contributed by atoms with van der Waals surface area (Å²) in [6.45, 7) is 4.06. The van der Waals surface area contributed by atoms with Gasteiger partial charge in [0.15, 0.2) is 0 Å². The van der Waals surface area contributed by atoms with Gasteiger partial charge in [-0.3, -0.25) is 4.79 Å². The maximum atomic E-state index is 10.9. The van der Waals surface area contributed by atoms with Gasteiger partial charge in [0.05, 0.1) is 0 Å². The number of rotatable bonds is 4. The second-order valence-corrected chi connectivity index (χ2v) is 6.35. The number of nitrogens with zero attached hydrogens (tertiary/aromatic N) is 3. The zero-order valence-corrected chi connectivity index (χ0v) is 12.7. The SMILES string of the molecule is CCc1cc(N2C3CCC2CC(CC(=O)O)C3)nc(C)n1. The Bertz CT molecular complexity index is 532. The van der Waals surface area contributed by atoms with Gasteiger partial charge in [-0.15, -0.1) is 0 Å². The highest BCUT2D eigenvalue weighted by atomic mass is 16.4. The fourth-order valence-corrected chi connectivity index (χ4v) is 4.00. The lowest BCUT2D eigenvalue weighted by atomic mass is 9.88. The van der Waals surface area contributed by atoms with Gasteiger partial charge in [-0.2, -0.15) is 0 Å². The standard InChI is InChI=1S/C16H23N3O2/c1-3-12-9-15(18-10(2)17-12)19-13-4-5-14(19)7-11(6-13)8-16(20)21/h9,11,13-14H,3-8H2,1-2H3,(H,20,21). The Hall–Kier alpha value is -1.65. The summed E-state index contributed by atoms with van der Waals surface area (Å²) >= 11 is 0. The summed E-state index contributed by atoms with van der Waals surface area (Å²) < 4.78 is 0. The smallest absolute Gasteiger partial charge is 0.303 e. The third-order valence-corrected chi connectivity index (χ3v) is 4.80. The zero-order chi connectivity index (χ0) is 15.0. The van der Waals surface area contributed by atoms with Gasteiger partial charge < -0.3 is 10.0 Å². The van der Waals surface area contributed by atoms with E-state index in [1.54, 1.807) is 0 Å². The number of hydrogen-bond donors (Lipinski definition) is 1. The molecule has 0 amide bonds. The molecule has 21 heavy (non-hydrogen) atoms. The zero-order valence-electron chi connectivity index (χ0n) is 12.7. The summed E-state index contributed by atoms with van der Waals surface area (Å²) in [5.74, 6) is 1.53. The van der Waals surface area contributed by atoms with E-state index in [0.717, 1.165) is 49.4 Å². The number of hydrogen-bond acceptors (Lipinski definition) is 4. The molecule has 0 aliphatic carbocycles. The van der Waals surface area contributed by atoms with E-state index >= 15 is 0 Å². The van der Waals surface area contributed by atoms with E-state index in [0.29, 0.717) is 24.4 Å². The first-order chi connectivity index (χ1) is 10.1. The first-order valence-electron chi connectivity index (χ1n) is 7.91. The number of aliphatic carboxylic acids is 1. The van der Waals surface area contributed by atoms with Gasteiger partial charge in [-0.05, 0) is 44.9 Å². The highest BCUT2D eigenvalue weighted by molar-refractivity contribution is 5.67. The Kier molecular flexibility index (Phi) is 3.83. The van der Waals surface area contributed by atoms with Crippen LogP contribution in [0.5, 0.6) is 0 Å². The van der Waals surface area contributed by atoms with Crippen molar-refractivity contribution in [3.8, 4) is 0 Å². The second kappa shape index (κ2) is 5.62. The molecule has 0 saturated carbocycles. The van der Waals surface area contributed by atoms with Crippen LogP contribution < -0.4 is 4.90 Å². The minimum atomic E-state index is -0.668. The van der Waals surface area contributed by atoms with Crippen molar-refractivity contribution in [2.45, 2.75) is 64.5 Å². The van der Waals surface area contributed by atoms with Crippen LogP contribution in [0.3, 0.4) is 0 Å². The average molecular weight is 289 g/mol. The molecule has 114 valence electrons. The van der Waals surface area contributed by atoms with Crippen LogP contribution in [0.4, 0.5) is 5.82 Å². The van der Waals surface area contributed by atoms with Gasteiger partial charge in [-0.25, -0.2) is 9.97 Å². The van der Waals surface area contributed by atoms with Crippen molar-refractivity contribution in [2.24, 2.45) is 5.92 Å².